The molecule has 13 heteroatoms. The normalized spacial score (nSPS) is 13.8. The van der Waals surface area contributed by atoms with E-state index in [9.17, 15) is 14.9 Å². The van der Waals surface area contributed by atoms with Crippen molar-refractivity contribution in [2.45, 2.75) is 6.54 Å². The Morgan fingerprint density at radius 3 is 2.53 bits per heavy atom. The Balaban J connectivity index is 1.36. The first-order valence-electron chi connectivity index (χ1n) is 11.0. The number of benzene rings is 2. The van der Waals surface area contributed by atoms with Crippen LogP contribution in [0.3, 0.4) is 0 Å². The number of hydrogen-bond donors (Lipinski definition) is 2. The standard InChI is InChI=1S/C23H23Cl2N7O4/c24-17-6-7-19(18(25)12-17)36-14-20(33)28-29-22-21(32(34)35)23(27-15-26-22)31-10-8-30(9-11-31)13-16-4-2-1-3-5-16/h1-7,12,15H,8-11,13-14H2,(H,28,33)(H,26,27,29). The number of halogens is 2. The van der Waals surface area contributed by atoms with Crippen LogP contribution in [-0.4, -0.2) is 58.5 Å². The highest BCUT2D eigenvalue weighted by Crippen LogP contribution is 2.32. The number of nitrogens with zero attached hydrogens (tertiary/aromatic N) is 5. The van der Waals surface area contributed by atoms with Crippen LogP contribution in [0, 0.1) is 10.1 Å². The van der Waals surface area contributed by atoms with E-state index >= 15 is 0 Å². The number of hydrazine groups is 1. The molecule has 4 rings (SSSR count). The second-order valence-corrected chi connectivity index (χ2v) is 8.78. The molecule has 0 radical (unpaired) electrons. The quantitative estimate of drug-likeness (QED) is 0.314. The van der Waals surface area contributed by atoms with Crippen molar-refractivity contribution in [2.24, 2.45) is 0 Å². The zero-order valence-electron chi connectivity index (χ0n) is 19.1. The third-order valence-corrected chi connectivity index (χ3v) is 6.01. The molecule has 2 heterocycles. The molecule has 0 bridgehead atoms. The molecular weight excluding hydrogens is 509 g/mol. The number of hydrogen-bond acceptors (Lipinski definition) is 9. The van der Waals surface area contributed by atoms with Gasteiger partial charge in [0.2, 0.25) is 11.6 Å². The summed E-state index contributed by atoms with van der Waals surface area (Å²) in [5, 5.41) is 12.6. The van der Waals surface area contributed by atoms with Crippen LogP contribution in [-0.2, 0) is 11.3 Å². The van der Waals surface area contributed by atoms with Gasteiger partial charge in [-0.15, -0.1) is 0 Å². The summed E-state index contributed by atoms with van der Waals surface area (Å²) in [6, 6.07) is 14.7. The number of nitro groups is 1. The lowest BCUT2D eigenvalue weighted by Crippen LogP contribution is -2.46. The topological polar surface area (TPSA) is 126 Å². The molecule has 2 N–H and O–H groups in total. The van der Waals surface area contributed by atoms with Crippen LogP contribution in [0.2, 0.25) is 10.0 Å². The van der Waals surface area contributed by atoms with Crippen LogP contribution in [0.4, 0.5) is 17.3 Å². The van der Waals surface area contributed by atoms with E-state index in [4.69, 9.17) is 27.9 Å². The van der Waals surface area contributed by atoms with Crippen LogP contribution < -0.4 is 20.5 Å². The molecule has 0 spiro atoms. The second-order valence-electron chi connectivity index (χ2n) is 7.94. The van der Waals surface area contributed by atoms with E-state index in [1.807, 2.05) is 23.1 Å². The maximum Gasteiger partial charge on any atom is 0.355 e. The fourth-order valence-electron chi connectivity index (χ4n) is 3.72. The van der Waals surface area contributed by atoms with Crippen molar-refractivity contribution in [3.8, 4) is 5.75 Å². The minimum Gasteiger partial charge on any atom is -0.482 e. The highest BCUT2D eigenvalue weighted by Gasteiger charge is 2.29. The number of carbonyl (C=O) groups excluding carboxylic acids is 1. The Labute approximate surface area is 217 Å². The van der Waals surface area contributed by atoms with Gasteiger partial charge in [0.05, 0.1) is 9.95 Å². The lowest BCUT2D eigenvalue weighted by atomic mass is 10.2. The van der Waals surface area contributed by atoms with Gasteiger partial charge in [0.25, 0.3) is 5.91 Å². The maximum absolute atomic E-state index is 12.2. The summed E-state index contributed by atoms with van der Waals surface area (Å²) in [6.45, 7) is 2.99. The maximum atomic E-state index is 12.2. The largest absolute Gasteiger partial charge is 0.482 e. The minimum atomic E-state index is -0.593. The average molecular weight is 532 g/mol. The first-order valence-corrected chi connectivity index (χ1v) is 11.8. The number of piperazine rings is 1. The molecule has 11 nitrogen and oxygen atoms in total. The molecule has 1 aromatic heterocycles. The van der Waals surface area contributed by atoms with Gasteiger partial charge in [0.1, 0.15) is 12.1 Å². The third-order valence-electron chi connectivity index (χ3n) is 5.48. The molecule has 1 saturated heterocycles. The van der Waals surface area contributed by atoms with Crippen molar-refractivity contribution in [1.82, 2.24) is 20.3 Å². The highest BCUT2D eigenvalue weighted by molar-refractivity contribution is 6.35. The predicted octanol–water partition coefficient (Wildman–Crippen LogP) is 3.54. The number of rotatable bonds is 9. The number of amides is 1. The monoisotopic (exact) mass is 531 g/mol. The first-order chi connectivity index (χ1) is 17.4. The van der Waals surface area contributed by atoms with Gasteiger partial charge >= 0.3 is 5.69 Å². The lowest BCUT2D eigenvalue weighted by molar-refractivity contribution is -0.383. The van der Waals surface area contributed by atoms with E-state index in [0.29, 0.717) is 18.1 Å². The second kappa shape index (κ2) is 11.8. The number of carbonyl (C=O) groups is 1. The SMILES string of the molecule is O=C(COc1ccc(Cl)cc1Cl)NNc1ncnc(N2CCN(Cc3ccccc3)CC2)c1[N+](=O)[O-]. The van der Waals surface area contributed by atoms with Gasteiger partial charge < -0.3 is 9.64 Å². The Hall–Kier alpha value is -3.67. The summed E-state index contributed by atoms with van der Waals surface area (Å²) in [5.74, 6) is -0.257. The number of anilines is 2. The summed E-state index contributed by atoms with van der Waals surface area (Å²) < 4.78 is 5.37. The predicted molar refractivity (Wildman–Crippen MR) is 136 cm³/mol. The molecule has 1 aliphatic heterocycles. The van der Waals surface area contributed by atoms with E-state index in [1.54, 1.807) is 6.07 Å². The summed E-state index contributed by atoms with van der Waals surface area (Å²) in [5.41, 5.74) is 5.76. The van der Waals surface area contributed by atoms with E-state index in [1.165, 1.54) is 24.0 Å². The molecule has 0 saturated carbocycles. The van der Waals surface area contributed by atoms with E-state index < -0.39 is 10.8 Å². The molecule has 36 heavy (non-hydrogen) atoms. The smallest absolute Gasteiger partial charge is 0.355 e. The molecule has 0 unspecified atom stereocenters. The highest BCUT2D eigenvalue weighted by atomic mass is 35.5. The molecule has 0 atom stereocenters. The lowest BCUT2D eigenvalue weighted by Gasteiger charge is -2.35. The zero-order valence-corrected chi connectivity index (χ0v) is 20.6. The van der Waals surface area contributed by atoms with Crippen molar-refractivity contribution in [3.63, 3.8) is 0 Å². The van der Waals surface area contributed by atoms with Gasteiger partial charge in [0.15, 0.2) is 6.61 Å². The summed E-state index contributed by atoms with van der Waals surface area (Å²) in [6.07, 6.45) is 1.22. The van der Waals surface area contributed by atoms with Crippen molar-refractivity contribution in [2.75, 3.05) is 43.1 Å². The van der Waals surface area contributed by atoms with Crippen molar-refractivity contribution < 1.29 is 14.5 Å². The summed E-state index contributed by atoms with van der Waals surface area (Å²) in [7, 11) is 0. The first kappa shape index (κ1) is 25.4. The van der Waals surface area contributed by atoms with Gasteiger partial charge in [-0.1, -0.05) is 53.5 Å². The number of ether oxygens (including phenoxy) is 1. The molecule has 2 aromatic carbocycles. The van der Waals surface area contributed by atoms with Gasteiger partial charge in [-0.3, -0.25) is 30.7 Å². The molecule has 0 aliphatic carbocycles. The fourth-order valence-corrected chi connectivity index (χ4v) is 4.18. The van der Waals surface area contributed by atoms with Crippen LogP contribution in [0.5, 0.6) is 5.75 Å². The Bertz CT molecular complexity index is 1220. The van der Waals surface area contributed by atoms with Crippen molar-refractivity contribution in [1.29, 1.82) is 0 Å². The molecule has 3 aromatic rings. The molecular formula is C23H23Cl2N7O4. The van der Waals surface area contributed by atoms with Crippen LogP contribution in [0.1, 0.15) is 5.56 Å². The molecule has 1 amide bonds. The van der Waals surface area contributed by atoms with Crippen molar-refractivity contribution in [3.05, 3.63) is 80.6 Å². The minimum absolute atomic E-state index is 0.130. The van der Waals surface area contributed by atoms with Crippen LogP contribution in [0.15, 0.2) is 54.9 Å². The molecule has 1 fully saturated rings. The van der Waals surface area contributed by atoms with Gasteiger partial charge in [-0.2, -0.15) is 0 Å². The Kier molecular flexibility index (Phi) is 8.36. The summed E-state index contributed by atoms with van der Waals surface area (Å²) in [4.78, 5) is 35.8. The zero-order chi connectivity index (χ0) is 25.5. The van der Waals surface area contributed by atoms with E-state index in [0.717, 1.165) is 19.6 Å². The Morgan fingerprint density at radius 2 is 1.83 bits per heavy atom. The number of nitrogens with one attached hydrogen (secondary N) is 2. The average Bonchev–Trinajstić information content (AvgIpc) is 2.87. The van der Waals surface area contributed by atoms with Crippen LogP contribution in [0.25, 0.3) is 0 Å². The number of aromatic nitrogens is 2. The molecule has 1 aliphatic rings. The van der Waals surface area contributed by atoms with Gasteiger partial charge in [0, 0.05) is 37.7 Å². The van der Waals surface area contributed by atoms with Crippen LogP contribution >= 0.6 is 23.2 Å². The van der Waals surface area contributed by atoms with E-state index in [-0.39, 0.29) is 34.7 Å². The Morgan fingerprint density at radius 1 is 1.08 bits per heavy atom. The third kappa shape index (κ3) is 6.51. The van der Waals surface area contributed by atoms with E-state index in [2.05, 4.69) is 37.9 Å². The molecule has 188 valence electrons. The summed E-state index contributed by atoms with van der Waals surface area (Å²) >= 11 is 11.9. The van der Waals surface area contributed by atoms with Gasteiger partial charge in [-0.25, -0.2) is 9.97 Å². The van der Waals surface area contributed by atoms with Gasteiger partial charge in [-0.05, 0) is 23.8 Å². The fraction of sp³-hybridized carbons (Fsp3) is 0.261. The van der Waals surface area contributed by atoms with Crippen molar-refractivity contribution >= 4 is 46.4 Å².